The SMILES string of the molecule is Brc1cnc2c(OCc3ccccc3)cccc2n1. The molecule has 4 heteroatoms. The monoisotopic (exact) mass is 314 g/mol. The Hall–Kier alpha value is -1.94. The van der Waals surface area contributed by atoms with Gasteiger partial charge in [0.25, 0.3) is 0 Å². The minimum atomic E-state index is 0.525. The average molecular weight is 315 g/mol. The predicted octanol–water partition coefficient (Wildman–Crippen LogP) is 3.97. The van der Waals surface area contributed by atoms with Crippen molar-refractivity contribution in [3.8, 4) is 5.75 Å². The number of halogens is 1. The van der Waals surface area contributed by atoms with E-state index in [1.807, 2.05) is 48.5 Å². The van der Waals surface area contributed by atoms with E-state index < -0.39 is 0 Å². The van der Waals surface area contributed by atoms with Gasteiger partial charge in [0.2, 0.25) is 0 Å². The van der Waals surface area contributed by atoms with Gasteiger partial charge in [0.05, 0.1) is 11.7 Å². The van der Waals surface area contributed by atoms with Crippen molar-refractivity contribution in [1.29, 1.82) is 0 Å². The molecule has 1 heterocycles. The number of aromatic nitrogens is 2. The molecule has 0 aliphatic carbocycles. The quantitative estimate of drug-likeness (QED) is 0.733. The first-order valence-electron chi connectivity index (χ1n) is 5.91. The second-order valence-corrected chi connectivity index (χ2v) is 4.90. The van der Waals surface area contributed by atoms with Gasteiger partial charge in [0, 0.05) is 0 Å². The Labute approximate surface area is 119 Å². The average Bonchev–Trinajstić information content (AvgIpc) is 2.45. The number of nitrogens with zero attached hydrogens (tertiary/aromatic N) is 2. The van der Waals surface area contributed by atoms with Crippen LogP contribution in [0.15, 0.2) is 59.3 Å². The van der Waals surface area contributed by atoms with Gasteiger partial charge in [-0.25, -0.2) is 9.97 Å². The molecule has 0 saturated carbocycles. The maximum absolute atomic E-state index is 5.83. The van der Waals surface area contributed by atoms with Crippen LogP contribution in [0.1, 0.15) is 5.56 Å². The van der Waals surface area contributed by atoms with E-state index in [2.05, 4.69) is 25.9 Å². The Morgan fingerprint density at radius 3 is 2.68 bits per heavy atom. The molecule has 0 saturated heterocycles. The number of benzene rings is 2. The van der Waals surface area contributed by atoms with Gasteiger partial charge < -0.3 is 4.74 Å². The predicted molar refractivity (Wildman–Crippen MR) is 78.0 cm³/mol. The number of hydrogen-bond acceptors (Lipinski definition) is 3. The lowest BCUT2D eigenvalue weighted by atomic mass is 10.2. The van der Waals surface area contributed by atoms with Crippen LogP contribution in [-0.2, 0) is 6.61 Å². The second kappa shape index (κ2) is 5.36. The molecule has 0 aliphatic heterocycles. The number of hydrogen-bond donors (Lipinski definition) is 0. The van der Waals surface area contributed by atoms with Crippen molar-refractivity contribution in [3.05, 3.63) is 64.9 Å². The molecular weight excluding hydrogens is 304 g/mol. The fourth-order valence-corrected chi connectivity index (χ4v) is 2.14. The fraction of sp³-hybridized carbons (Fsp3) is 0.0667. The van der Waals surface area contributed by atoms with Crippen molar-refractivity contribution in [1.82, 2.24) is 9.97 Å². The summed E-state index contributed by atoms with van der Waals surface area (Å²) in [4.78, 5) is 8.72. The van der Waals surface area contributed by atoms with Crippen molar-refractivity contribution in [3.63, 3.8) is 0 Å². The first-order valence-corrected chi connectivity index (χ1v) is 6.70. The summed E-state index contributed by atoms with van der Waals surface area (Å²) in [5.41, 5.74) is 2.73. The van der Waals surface area contributed by atoms with Gasteiger partial charge in [-0.1, -0.05) is 36.4 Å². The first-order chi connectivity index (χ1) is 9.33. The van der Waals surface area contributed by atoms with Crippen molar-refractivity contribution < 1.29 is 4.74 Å². The van der Waals surface area contributed by atoms with Crippen LogP contribution in [0.2, 0.25) is 0 Å². The summed E-state index contributed by atoms with van der Waals surface area (Å²) in [6.45, 7) is 0.525. The van der Waals surface area contributed by atoms with Crippen molar-refractivity contribution in [2.75, 3.05) is 0 Å². The fourth-order valence-electron chi connectivity index (χ4n) is 1.84. The highest BCUT2D eigenvalue weighted by Gasteiger charge is 2.05. The molecule has 3 rings (SSSR count). The van der Waals surface area contributed by atoms with E-state index in [1.165, 1.54) is 0 Å². The Kier molecular flexibility index (Phi) is 3.42. The number of para-hydroxylation sites is 1. The van der Waals surface area contributed by atoms with Crippen molar-refractivity contribution in [2.24, 2.45) is 0 Å². The summed E-state index contributed by atoms with van der Waals surface area (Å²) >= 11 is 3.32. The summed E-state index contributed by atoms with van der Waals surface area (Å²) in [6, 6.07) is 15.8. The summed E-state index contributed by atoms with van der Waals surface area (Å²) in [7, 11) is 0. The Morgan fingerprint density at radius 1 is 1.00 bits per heavy atom. The van der Waals surface area contributed by atoms with Gasteiger partial charge in [0.15, 0.2) is 0 Å². The van der Waals surface area contributed by atoms with Crippen LogP contribution in [0.5, 0.6) is 5.75 Å². The second-order valence-electron chi connectivity index (χ2n) is 4.09. The molecule has 0 bridgehead atoms. The van der Waals surface area contributed by atoms with Crippen molar-refractivity contribution >= 4 is 27.0 Å². The highest BCUT2D eigenvalue weighted by atomic mass is 79.9. The van der Waals surface area contributed by atoms with Gasteiger partial charge in [-0.3, -0.25) is 0 Å². The summed E-state index contributed by atoms with van der Waals surface area (Å²) in [6.07, 6.45) is 1.68. The third-order valence-corrected chi connectivity index (χ3v) is 3.12. The lowest BCUT2D eigenvalue weighted by Crippen LogP contribution is -1.97. The molecular formula is C15H11BrN2O. The van der Waals surface area contributed by atoms with Crippen LogP contribution in [-0.4, -0.2) is 9.97 Å². The zero-order chi connectivity index (χ0) is 13.1. The third-order valence-electron chi connectivity index (χ3n) is 2.74. The molecule has 3 aromatic rings. The Morgan fingerprint density at radius 2 is 1.84 bits per heavy atom. The minimum absolute atomic E-state index is 0.525. The Bertz CT molecular complexity index is 701. The van der Waals surface area contributed by atoms with Gasteiger partial charge in [0.1, 0.15) is 22.5 Å². The maximum Gasteiger partial charge on any atom is 0.147 e. The lowest BCUT2D eigenvalue weighted by Gasteiger charge is -2.08. The molecule has 0 aliphatic rings. The van der Waals surface area contributed by atoms with Crippen LogP contribution >= 0.6 is 15.9 Å². The van der Waals surface area contributed by atoms with Crippen molar-refractivity contribution in [2.45, 2.75) is 6.61 Å². The maximum atomic E-state index is 5.83. The molecule has 19 heavy (non-hydrogen) atoms. The van der Waals surface area contributed by atoms with E-state index in [1.54, 1.807) is 6.20 Å². The number of ether oxygens (including phenoxy) is 1. The largest absolute Gasteiger partial charge is 0.487 e. The zero-order valence-corrected chi connectivity index (χ0v) is 11.7. The molecule has 0 spiro atoms. The van der Waals surface area contributed by atoms with Gasteiger partial charge >= 0.3 is 0 Å². The number of rotatable bonds is 3. The molecule has 0 radical (unpaired) electrons. The summed E-state index contributed by atoms with van der Waals surface area (Å²) in [5, 5.41) is 0. The molecule has 0 unspecified atom stereocenters. The molecule has 0 atom stereocenters. The van der Waals surface area contributed by atoms with Crippen LogP contribution in [0.25, 0.3) is 11.0 Å². The smallest absolute Gasteiger partial charge is 0.147 e. The van der Waals surface area contributed by atoms with Gasteiger partial charge in [-0.15, -0.1) is 0 Å². The van der Waals surface area contributed by atoms with E-state index in [4.69, 9.17) is 4.74 Å². The standard InChI is InChI=1S/C15H11BrN2O/c16-14-9-17-15-12(18-14)7-4-8-13(15)19-10-11-5-2-1-3-6-11/h1-9H,10H2. The molecule has 94 valence electrons. The first kappa shape index (κ1) is 12.1. The molecule has 3 nitrogen and oxygen atoms in total. The Balaban J connectivity index is 1.89. The summed E-state index contributed by atoms with van der Waals surface area (Å²) in [5.74, 6) is 0.751. The lowest BCUT2D eigenvalue weighted by molar-refractivity contribution is 0.309. The topological polar surface area (TPSA) is 35.0 Å². The molecule has 0 amide bonds. The normalized spacial score (nSPS) is 10.6. The van der Waals surface area contributed by atoms with Crippen LogP contribution in [0.3, 0.4) is 0 Å². The molecule has 0 fully saturated rings. The van der Waals surface area contributed by atoms with Gasteiger partial charge in [-0.05, 0) is 33.6 Å². The molecule has 0 N–H and O–H groups in total. The molecule has 2 aromatic carbocycles. The van der Waals surface area contributed by atoms with E-state index in [0.717, 1.165) is 26.9 Å². The number of fused-ring (bicyclic) bond motifs is 1. The minimum Gasteiger partial charge on any atom is -0.487 e. The van der Waals surface area contributed by atoms with Crippen LogP contribution < -0.4 is 4.74 Å². The van der Waals surface area contributed by atoms with E-state index in [-0.39, 0.29) is 0 Å². The molecule has 1 aromatic heterocycles. The summed E-state index contributed by atoms with van der Waals surface area (Å²) < 4.78 is 6.55. The van der Waals surface area contributed by atoms with E-state index in [0.29, 0.717) is 6.61 Å². The van der Waals surface area contributed by atoms with Crippen LogP contribution in [0.4, 0.5) is 0 Å². The van der Waals surface area contributed by atoms with Gasteiger partial charge in [-0.2, -0.15) is 0 Å². The zero-order valence-electron chi connectivity index (χ0n) is 10.1. The van der Waals surface area contributed by atoms with E-state index in [9.17, 15) is 0 Å². The van der Waals surface area contributed by atoms with E-state index >= 15 is 0 Å². The highest BCUT2D eigenvalue weighted by molar-refractivity contribution is 9.10. The van der Waals surface area contributed by atoms with Crippen LogP contribution in [0, 0.1) is 0 Å². The highest BCUT2D eigenvalue weighted by Crippen LogP contribution is 2.24. The third kappa shape index (κ3) is 2.74.